The van der Waals surface area contributed by atoms with Crippen molar-refractivity contribution in [1.29, 1.82) is 0 Å². The third-order valence-corrected chi connectivity index (χ3v) is 3.82. The SMILES string of the molecule is CCC(C)C(C)(O)CNC(=O)Nc1ccc(F)cc1C(F)(F)F. The minimum atomic E-state index is -4.80. The second-order valence-corrected chi connectivity index (χ2v) is 5.66. The maximum atomic E-state index is 13.0. The van der Waals surface area contributed by atoms with Gasteiger partial charge in [-0.2, -0.15) is 13.2 Å². The Bertz CT molecular complexity index is 559. The fourth-order valence-corrected chi connectivity index (χ4v) is 1.90. The fraction of sp³-hybridized carbons (Fsp3) is 0.533. The summed E-state index contributed by atoms with van der Waals surface area (Å²) in [5, 5.41) is 14.5. The van der Waals surface area contributed by atoms with Crippen LogP contribution < -0.4 is 10.6 Å². The number of amides is 2. The molecule has 1 rings (SSSR count). The van der Waals surface area contributed by atoms with E-state index in [0.29, 0.717) is 12.5 Å². The van der Waals surface area contributed by atoms with Crippen molar-refractivity contribution in [2.24, 2.45) is 5.92 Å². The van der Waals surface area contributed by atoms with Gasteiger partial charge in [-0.15, -0.1) is 0 Å². The van der Waals surface area contributed by atoms with E-state index in [0.717, 1.165) is 12.1 Å². The van der Waals surface area contributed by atoms with Gasteiger partial charge in [0.25, 0.3) is 0 Å². The average Bonchev–Trinajstić information content (AvgIpc) is 2.45. The molecular formula is C15H20F4N2O2. The third kappa shape index (κ3) is 5.38. The van der Waals surface area contributed by atoms with Gasteiger partial charge in [0.1, 0.15) is 5.82 Å². The zero-order chi connectivity index (χ0) is 17.8. The first kappa shape index (κ1) is 19.2. The highest BCUT2D eigenvalue weighted by Gasteiger charge is 2.34. The number of carbonyl (C=O) groups excluding carboxylic acids is 1. The number of hydrogen-bond acceptors (Lipinski definition) is 2. The molecule has 0 fully saturated rings. The number of alkyl halides is 3. The van der Waals surface area contributed by atoms with Crippen molar-refractivity contribution >= 4 is 11.7 Å². The largest absolute Gasteiger partial charge is 0.418 e. The summed E-state index contributed by atoms with van der Waals surface area (Å²) in [4.78, 5) is 11.7. The van der Waals surface area contributed by atoms with Crippen LogP contribution >= 0.6 is 0 Å². The summed E-state index contributed by atoms with van der Waals surface area (Å²) in [6.45, 7) is 5.06. The fourth-order valence-electron chi connectivity index (χ4n) is 1.90. The summed E-state index contributed by atoms with van der Waals surface area (Å²) in [6.07, 6.45) is -4.13. The van der Waals surface area contributed by atoms with Gasteiger partial charge in [0.05, 0.1) is 16.9 Å². The molecule has 0 aromatic heterocycles. The van der Waals surface area contributed by atoms with Crippen molar-refractivity contribution in [1.82, 2.24) is 5.32 Å². The van der Waals surface area contributed by atoms with E-state index in [1.807, 2.05) is 12.2 Å². The second-order valence-electron chi connectivity index (χ2n) is 5.66. The van der Waals surface area contributed by atoms with Gasteiger partial charge >= 0.3 is 12.2 Å². The molecule has 0 bridgehead atoms. The topological polar surface area (TPSA) is 61.4 Å². The molecule has 4 nitrogen and oxygen atoms in total. The molecule has 1 aromatic carbocycles. The Morgan fingerprint density at radius 2 is 1.96 bits per heavy atom. The maximum absolute atomic E-state index is 13.0. The molecule has 0 saturated heterocycles. The van der Waals surface area contributed by atoms with Gasteiger partial charge in [0.15, 0.2) is 0 Å². The van der Waals surface area contributed by atoms with Gasteiger partial charge in [0.2, 0.25) is 0 Å². The minimum Gasteiger partial charge on any atom is -0.388 e. The standard InChI is InChI=1S/C15H20F4N2O2/c1-4-9(2)14(3,23)8-20-13(22)21-12-6-5-10(16)7-11(12)15(17,18)19/h5-7,9,23H,4,8H2,1-3H3,(H2,20,21,22). The number of rotatable bonds is 5. The van der Waals surface area contributed by atoms with E-state index in [9.17, 15) is 27.5 Å². The Balaban J connectivity index is 2.79. The summed E-state index contributed by atoms with van der Waals surface area (Å²) < 4.78 is 51.5. The molecule has 0 heterocycles. The molecule has 2 amide bonds. The van der Waals surface area contributed by atoms with Crippen molar-refractivity contribution in [2.45, 2.75) is 39.0 Å². The van der Waals surface area contributed by atoms with Gasteiger partial charge in [-0.25, -0.2) is 9.18 Å². The summed E-state index contributed by atoms with van der Waals surface area (Å²) >= 11 is 0. The van der Waals surface area contributed by atoms with Crippen LogP contribution in [0.2, 0.25) is 0 Å². The normalized spacial score (nSPS) is 15.7. The zero-order valence-electron chi connectivity index (χ0n) is 13.1. The quantitative estimate of drug-likeness (QED) is 0.717. The van der Waals surface area contributed by atoms with E-state index in [1.54, 1.807) is 6.92 Å². The lowest BCUT2D eigenvalue weighted by atomic mass is 9.89. The van der Waals surface area contributed by atoms with Crippen molar-refractivity contribution < 1.29 is 27.5 Å². The van der Waals surface area contributed by atoms with Gasteiger partial charge in [-0.3, -0.25) is 0 Å². The highest BCUT2D eigenvalue weighted by Crippen LogP contribution is 2.35. The first-order valence-electron chi connectivity index (χ1n) is 7.11. The van der Waals surface area contributed by atoms with Crippen LogP contribution in [-0.2, 0) is 6.18 Å². The first-order valence-corrected chi connectivity index (χ1v) is 7.11. The molecule has 0 spiro atoms. The van der Waals surface area contributed by atoms with E-state index in [4.69, 9.17) is 0 Å². The van der Waals surface area contributed by atoms with E-state index >= 15 is 0 Å². The van der Waals surface area contributed by atoms with Crippen LogP contribution in [0, 0.1) is 11.7 Å². The smallest absolute Gasteiger partial charge is 0.388 e. The van der Waals surface area contributed by atoms with E-state index < -0.39 is 34.9 Å². The molecule has 1 aromatic rings. The van der Waals surface area contributed by atoms with Crippen LogP contribution in [0.4, 0.5) is 28.0 Å². The van der Waals surface area contributed by atoms with Gasteiger partial charge in [-0.1, -0.05) is 20.3 Å². The maximum Gasteiger partial charge on any atom is 0.418 e. The van der Waals surface area contributed by atoms with Gasteiger partial charge in [0, 0.05) is 6.54 Å². The Hall–Kier alpha value is -1.83. The molecule has 0 aliphatic carbocycles. The van der Waals surface area contributed by atoms with Crippen LogP contribution in [0.1, 0.15) is 32.8 Å². The molecule has 23 heavy (non-hydrogen) atoms. The Morgan fingerprint density at radius 3 is 2.48 bits per heavy atom. The third-order valence-electron chi connectivity index (χ3n) is 3.82. The zero-order valence-corrected chi connectivity index (χ0v) is 13.1. The Morgan fingerprint density at radius 1 is 1.35 bits per heavy atom. The van der Waals surface area contributed by atoms with E-state index in [2.05, 4.69) is 5.32 Å². The monoisotopic (exact) mass is 336 g/mol. The van der Waals surface area contributed by atoms with Crippen LogP contribution in [0.25, 0.3) is 0 Å². The predicted octanol–water partition coefficient (Wildman–Crippen LogP) is 3.76. The number of anilines is 1. The summed E-state index contributed by atoms with van der Waals surface area (Å²) in [7, 11) is 0. The predicted molar refractivity (Wildman–Crippen MR) is 78.5 cm³/mol. The highest BCUT2D eigenvalue weighted by molar-refractivity contribution is 5.90. The van der Waals surface area contributed by atoms with Crippen molar-refractivity contribution in [3.05, 3.63) is 29.6 Å². The number of nitrogens with one attached hydrogen (secondary N) is 2. The molecule has 0 saturated carbocycles. The summed E-state index contributed by atoms with van der Waals surface area (Å²) in [5.74, 6) is -1.16. The van der Waals surface area contributed by atoms with Crippen LogP contribution in [0.3, 0.4) is 0 Å². The van der Waals surface area contributed by atoms with Crippen LogP contribution in [0.15, 0.2) is 18.2 Å². The minimum absolute atomic E-state index is 0.112. The molecule has 2 unspecified atom stereocenters. The van der Waals surface area contributed by atoms with Crippen LogP contribution in [0.5, 0.6) is 0 Å². The number of carbonyl (C=O) groups is 1. The number of aliphatic hydroxyl groups is 1. The average molecular weight is 336 g/mol. The number of benzene rings is 1. The number of urea groups is 1. The van der Waals surface area contributed by atoms with E-state index in [1.165, 1.54) is 6.92 Å². The lowest BCUT2D eigenvalue weighted by molar-refractivity contribution is -0.137. The van der Waals surface area contributed by atoms with Crippen molar-refractivity contribution in [2.75, 3.05) is 11.9 Å². The molecule has 2 atom stereocenters. The lowest BCUT2D eigenvalue weighted by Gasteiger charge is -2.29. The molecule has 130 valence electrons. The first-order chi connectivity index (χ1) is 10.5. The van der Waals surface area contributed by atoms with E-state index in [-0.39, 0.29) is 12.5 Å². The van der Waals surface area contributed by atoms with Crippen LogP contribution in [-0.4, -0.2) is 23.3 Å². The van der Waals surface area contributed by atoms with Crippen molar-refractivity contribution in [3.63, 3.8) is 0 Å². The molecule has 0 aliphatic heterocycles. The highest BCUT2D eigenvalue weighted by atomic mass is 19.4. The molecular weight excluding hydrogens is 316 g/mol. The second kappa shape index (κ2) is 7.16. The Kier molecular flexibility index (Phi) is 5.98. The van der Waals surface area contributed by atoms with Gasteiger partial charge in [-0.05, 0) is 31.0 Å². The number of hydrogen-bond donors (Lipinski definition) is 3. The molecule has 0 aliphatic rings. The Labute approximate surface area is 131 Å². The lowest BCUT2D eigenvalue weighted by Crippen LogP contribution is -2.46. The summed E-state index contributed by atoms with van der Waals surface area (Å²) in [6, 6.07) is 1.06. The molecule has 0 radical (unpaired) electrons. The van der Waals surface area contributed by atoms with Gasteiger partial charge < -0.3 is 15.7 Å². The molecule has 3 N–H and O–H groups in total. The summed E-state index contributed by atoms with van der Waals surface area (Å²) in [5.41, 5.74) is -3.03. The van der Waals surface area contributed by atoms with Crippen molar-refractivity contribution in [3.8, 4) is 0 Å². The molecule has 8 heteroatoms. The number of halogens is 4.